The third-order valence-electron chi connectivity index (χ3n) is 4.63. The Kier molecular flexibility index (Phi) is 10.4. The molecule has 120 valence electrons. The third kappa shape index (κ3) is 8.26. The lowest BCUT2D eigenvalue weighted by Gasteiger charge is -2.16. The number of ether oxygens (including phenoxy) is 1. The van der Waals surface area contributed by atoms with Crippen LogP contribution in [0.4, 0.5) is 0 Å². The molecule has 20 heavy (non-hydrogen) atoms. The molecule has 1 heterocycles. The number of unbranched alkanes of at least 4 members (excludes halogenated alkanes) is 9. The number of aliphatic hydroxyl groups is 1. The summed E-state index contributed by atoms with van der Waals surface area (Å²) in [4.78, 5) is 0. The van der Waals surface area contributed by atoms with Crippen LogP contribution >= 0.6 is 0 Å². The molecule has 2 nitrogen and oxygen atoms in total. The lowest BCUT2D eigenvalue weighted by Crippen LogP contribution is -2.20. The molecule has 0 spiro atoms. The Morgan fingerprint density at radius 3 is 2.00 bits per heavy atom. The highest BCUT2D eigenvalue weighted by atomic mass is 16.5. The van der Waals surface area contributed by atoms with E-state index in [0.29, 0.717) is 12.0 Å². The normalized spacial score (nSPS) is 24.1. The van der Waals surface area contributed by atoms with Crippen LogP contribution in [0.25, 0.3) is 0 Å². The monoisotopic (exact) mass is 284 g/mol. The Hall–Kier alpha value is -0.0800. The quantitative estimate of drug-likeness (QED) is 0.506. The second-order valence-corrected chi connectivity index (χ2v) is 6.68. The van der Waals surface area contributed by atoms with E-state index < -0.39 is 0 Å². The minimum Gasteiger partial charge on any atom is -0.393 e. The molecule has 3 atom stereocenters. The SMILES string of the molecule is CCCCCCCCCCCCC(O)C1COC(C)C1. The first kappa shape index (κ1) is 18.0. The maximum absolute atomic E-state index is 10.1. The molecule has 0 saturated carbocycles. The average molecular weight is 284 g/mol. The summed E-state index contributed by atoms with van der Waals surface area (Å²) in [5.74, 6) is 0.392. The third-order valence-corrected chi connectivity index (χ3v) is 4.63. The topological polar surface area (TPSA) is 29.5 Å². The molecule has 1 aliphatic rings. The smallest absolute Gasteiger partial charge is 0.0591 e. The van der Waals surface area contributed by atoms with Gasteiger partial charge < -0.3 is 9.84 Å². The molecule has 3 unspecified atom stereocenters. The molecular weight excluding hydrogens is 248 g/mol. The van der Waals surface area contributed by atoms with Gasteiger partial charge in [0.15, 0.2) is 0 Å². The summed E-state index contributed by atoms with van der Waals surface area (Å²) in [7, 11) is 0. The zero-order valence-corrected chi connectivity index (χ0v) is 13.8. The predicted molar refractivity (Wildman–Crippen MR) is 86.0 cm³/mol. The van der Waals surface area contributed by atoms with Gasteiger partial charge in [-0.2, -0.15) is 0 Å². The molecule has 0 aromatic rings. The van der Waals surface area contributed by atoms with Gasteiger partial charge >= 0.3 is 0 Å². The van der Waals surface area contributed by atoms with E-state index in [1.807, 2.05) is 0 Å². The maximum atomic E-state index is 10.1. The molecule has 1 rings (SSSR count). The van der Waals surface area contributed by atoms with Gasteiger partial charge in [0, 0.05) is 5.92 Å². The average Bonchev–Trinajstić information content (AvgIpc) is 2.87. The van der Waals surface area contributed by atoms with Crippen LogP contribution in [0.3, 0.4) is 0 Å². The summed E-state index contributed by atoms with van der Waals surface area (Å²) in [6.07, 6.45) is 15.8. The van der Waals surface area contributed by atoms with Crippen molar-refractivity contribution >= 4 is 0 Å². The first-order chi connectivity index (χ1) is 9.74. The zero-order valence-electron chi connectivity index (χ0n) is 13.8. The highest BCUT2D eigenvalue weighted by Gasteiger charge is 2.27. The molecule has 0 aromatic carbocycles. The van der Waals surface area contributed by atoms with Crippen molar-refractivity contribution in [1.82, 2.24) is 0 Å². The lowest BCUT2D eigenvalue weighted by atomic mass is 9.95. The number of hydrogen-bond donors (Lipinski definition) is 1. The van der Waals surface area contributed by atoms with Crippen LogP contribution in [0, 0.1) is 5.92 Å². The number of rotatable bonds is 12. The minimum absolute atomic E-state index is 0.131. The summed E-state index contributed by atoms with van der Waals surface area (Å²) in [5, 5.41) is 10.1. The van der Waals surface area contributed by atoms with E-state index in [4.69, 9.17) is 4.74 Å². The van der Waals surface area contributed by atoms with Crippen molar-refractivity contribution in [2.45, 2.75) is 103 Å². The van der Waals surface area contributed by atoms with E-state index in [1.165, 1.54) is 64.2 Å². The summed E-state index contributed by atoms with van der Waals surface area (Å²) >= 11 is 0. The van der Waals surface area contributed by atoms with Gasteiger partial charge in [0.1, 0.15) is 0 Å². The molecule has 0 amide bonds. The van der Waals surface area contributed by atoms with Crippen LogP contribution in [-0.2, 0) is 4.74 Å². The Bertz CT molecular complexity index is 217. The van der Waals surface area contributed by atoms with Crippen LogP contribution in [0.1, 0.15) is 90.9 Å². The van der Waals surface area contributed by atoms with Crippen LogP contribution in [0.15, 0.2) is 0 Å². The highest BCUT2D eigenvalue weighted by Crippen LogP contribution is 2.25. The Morgan fingerprint density at radius 1 is 0.950 bits per heavy atom. The fourth-order valence-electron chi connectivity index (χ4n) is 3.20. The summed E-state index contributed by atoms with van der Waals surface area (Å²) in [6.45, 7) is 5.14. The molecule has 0 aliphatic carbocycles. The van der Waals surface area contributed by atoms with Gasteiger partial charge in [-0.1, -0.05) is 71.1 Å². The lowest BCUT2D eigenvalue weighted by molar-refractivity contribution is 0.0739. The van der Waals surface area contributed by atoms with E-state index >= 15 is 0 Å². The maximum Gasteiger partial charge on any atom is 0.0591 e. The standard InChI is InChI=1S/C18H36O2/c1-3-4-5-6-7-8-9-10-11-12-13-18(19)17-14-16(2)20-15-17/h16-19H,3-15H2,1-2H3. The van der Waals surface area contributed by atoms with E-state index in [0.717, 1.165) is 19.4 Å². The molecule has 0 bridgehead atoms. The van der Waals surface area contributed by atoms with Crippen molar-refractivity contribution in [2.75, 3.05) is 6.61 Å². The molecule has 1 N–H and O–H groups in total. The molecule has 0 radical (unpaired) electrons. The van der Waals surface area contributed by atoms with Gasteiger partial charge in [-0.05, 0) is 19.8 Å². The van der Waals surface area contributed by atoms with Gasteiger partial charge in [0.25, 0.3) is 0 Å². The fraction of sp³-hybridized carbons (Fsp3) is 1.00. The van der Waals surface area contributed by atoms with Crippen molar-refractivity contribution in [1.29, 1.82) is 0 Å². The Morgan fingerprint density at radius 2 is 1.50 bits per heavy atom. The van der Waals surface area contributed by atoms with Gasteiger partial charge in [-0.15, -0.1) is 0 Å². The Labute approximate surface area is 126 Å². The van der Waals surface area contributed by atoms with Gasteiger partial charge in [-0.25, -0.2) is 0 Å². The largest absolute Gasteiger partial charge is 0.393 e. The second-order valence-electron chi connectivity index (χ2n) is 6.68. The molecule has 2 heteroatoms. The van der Waals surface area contributed by atoms with Crippen molar-refractivity contribution in [2.24, 2.45) is 5.92 Å². The fourth-order valence-corrected chi connectivity index (χ4v) is 3.20. The first-order valence-electron chi connectivity index (χ1n) is 9.03. The van der Waals surface area contributed by atoms with Crippen LogP contribution in [0.2, 0.25) is 0 Å². The predicted octanol–water partition coefficient (Wildman–Crippen LogP) is 5.08. The van der Waals surface area contributed by atoms with Crippen molar-refractivity contribution < 1.29 is 9.84 Å². The van der Waals surface area contributed by atoms with E-state index in [-0.39, 0.29) is 6.10 Å². The summed E-state index contributed by atoms with van der Waals surface area (Å²) in [5.41, 5.74) is 0. The summed E-state index contributed by atoms with van der Waals surface area (Å²) in [6, 6.07) is 0. The second kappa shape index (κ2) is 11.6. The molecular formula is C18H36O2. The number of aliphatic hydroxyl groups excluding tert-OH is 1. The zero-order chi connectivity index (χ0) is 14.6. The molecule has 1 fully saturated rings. The molecule has 1 saturated heterocycles. The van der Waals surface area contributed by atoms with Crippen molar-refractivity contribution in [3.63, 3.8) is 0 Å². The van der Waals surface area contributed by atoms with Crippen molar-refractivity contribution in [3.05, 3.63) is 0 Å². The Balaban J connectivity index is 1.82. The summed E-state index contributed by atoms with van der Waals surface area (Å²) < 4.78 is 5.53. The van der Waals surface area contributed by atoms with Gasteiger partial charge in [0.2, 0.25) is 0 Å². The molecule has 1 aliphatic heterocycles. The van der Waals surface area contributed by atoms with E-state index in [1.54, 1.807) is 0 Å². The van der Waals surface area contributed by atoms with Gasteiger partial charge in [0.05, 0.1) is 18.8 Å². The first-order valence-corrected chi connectivity index (χ1v) is 9.03. The number of hydrogen-bond acceptors (Lipinski definition) is 2. The highest BCUT2D eigenvalue weighted by molar-refractivity contribution is 4.76. The van der Waals surface area contributed by atoms with Crippen molar-refractivity contribution in [3.8, 4) is 0 Å². The van der Waals surface area contributed by atoms with E-state index in [2.05, 4.69) is 13.8 Å². The minimum atomic E-state index is -0.131. The van der Waals surface area contributed by atoms with Crippen LogP contribution < -0.4 is 0 Å². The van der Waals surface area contributed by atoms with Crippen LogP contribution in [0.5, 0.6) is 0 Å². The van der Waals surface area contributed by atoms with Gasteiger partial charge in [-0.3, -0.25) is 0 Å². The van der Waals surface area contributed by atoms with E-state index in [9.17, 15) is 5.11 Å². The van der Waals surface area contributed by atoms with Crippen LogP contribution in [-0.4, -0.2) is 23.9 Å². The molecule has 0 aromatic heterocycles.